The summed E-state index contributed by atoms with van der Waals surface area (Å²) >= 11 is 6.17. The second-order valence-corrected chi connectivity index (χ2v) is 8.87. The summed E-state index contributed by atoms with van der Waals surface area (Å²) in [6.07, 6.45) is 0. The fraction of sp³-hybridized carbons (Fsp3) is 0.143. The van der Waals surface area contributed by atoms with Crippen LogP contribution in [-0.2, 0) is 4.79 Å². The van der Waals surface area contributed by atoms with Gasteiger partial charge in [0.15, 0.2) is 22.9 Å². The molecule has 35 heavy (non-hydrogen) atoms. The standard InChI is InChI=1S/C28H22ClNO5/c1-15-8-7-11-20(16(15)2)30-24(17-9-5-4-6-10-17)23(26(32)28(30)33)25(31)21-13-18-12-19(29)14-22(34-3)27(18)35-21/h4-14,24,32H,1-3H3. The Kier molecular flexibility index (Phi) is 5.61. The molecule has 1 aliphatic rings. The lowest BCUT2D eigenvalue weighted by atomic mass is 9.94. The van der Waals surface area contributed by atoms with E-state index in [9.17, 15) is 14.7 Å². The van der Waals surface area contributed by atoms with Gasteiger partial charge in [0.25, 0.3) is 5.91 Å². The number of benzene rings is 3. The highest BCUT2D eigenvalue weighted by atomic mass is 35.5. The predicted octanol–water partition coefficient (Wildman–Crippen LogP) is 6.49. The lowest BCUT2D eigenvalue weighted by Crippen LogP contribution is -2.31. The van der Waals surface area contributed by atoms with Crippen LogP contribution in [-0.4, -0.2) is 23.9 Å². The van der Waals surface area contributed by atoms with Crippen LogP contribution in [0.1, 0.15) is 33.3 Å². The van der Waals surface area contributed by atoms with Gasteiger partial charge in [-0.3, -0.25) is 14.5 Å². The number of aryl methyl sites for hydroxylation is 1. The molecule has 4 aromatic rings. The largest absolute Gasteiger partial charge is 0.503 e. The number of anilines is 1. The molecule has 7 heteroatoms. The molecule has 1 aliphatic heterocycles. The molecular weight excluding hydrogens is 466 g/mol. The Bertz CT molecular complexity index is 1520. The van der Waals surface area contributed by atoms with Crippen LogP contribution in [0.2, 0.25) is 5.02 Å². The Morgan fingerprint density at radius 3 is 2.51 bits per heavy atom. The Balaban J connectivity index is 1.68. The van der Waals surface area contributed by atoms with Crippen molar-refractivity contribution in [3.05, 3.63) is 106 Å². The molecule has 1 atom stereocenters. The van der Waals surface area contributed by atoms with Crippen molar-refractivity contribution in [1.29, 1.82) is 0 Å². The number of carbonyl (C=O) groups is 2. The highest BCUT2D eigenvalue weighted by molar-refractivity contribution is 6.31. The van der Waals surface area contributed by atoms with E-state index < -0.39 is 23.5 Å². The first-order valence-electron chi connectivity index (χ1n) is 11.0. The number of ether oxygens (including phenoxy) is 1. The summed E-state index contributed by atoms with van der Waals surface area (Å²) in [7, 11) is 1.48. The highest BCUT2D eigenvalue weighted by Gasteiger charge is 2.45. The molecule has 0 radical (unpaired) electrons. The van der Waals surface area contributed by atoms with Crippen molar-refractivity contribution in [2.75, 3.05) is 12.0 Å². The predicted molar refractivity (Wildman–Crippen MR) is 134 cm³/mol. The van der Waals surface area contributed by atoms with E-state index in [-0.39, 0.29) is 11.3 Å². The average Bonchev–Trinajstić information content (AvgIpc) is 3.39. The number of rotatable bonds is 5. The van der Waals surface area contributed by atoms with Gasteiger partial charge in [-0.2, -0.15) is 0 Å². The molecule has 6 nitrogen and oxygen atoms in total. The third kappa shape index (κ3) is 3.67. The summed E-state index contributed by atoms with van der Waals surface area (Å²) in [4.78, 5) is 28.7. The van der Waals surface area contributed by atoms with Crippen LogP contribution in [0.15, 0.2) is 82.5 Å². The molecule has 1 N–H and O–H groups in total. The van der Waals surface area contributed by atoms with Gasteiger partial charge in [0.2, 0.25) is 5.78 Å². The van der Waals surface area contributed by atoms with Crippen LogP contribution in [0.3, 0.4) is 0 Å². The van der Waals surface area contributed by atoms with E-state index in [0.717, 1.165) is 11.1 Å². The Labute approximate surface area is 207 Å². The molecule has 176 valence electrons. The fourth-order valence-corrected chi connectivity index (χ4v) is 4.73. The topological polar surface area (TPSA) is 80.0 Å². The van der Waals surface area contributed by atoms with E-state index in [4.69, 9.17) is 20.8 Å². The zero-order valence-electron chi connectivity index (χ0n) is 19.3. The van der Waals surface area contributed by atoms with Gasteiger partial charge >= 0.3 is 0 Å². The Morgan fingerprint density at radius 2 is 1.80 bits per heavy atom. The number of halogens is 1. The number of ketones is 1. The lowest BCUT2D eigenvalue weighted by molar-refractivity contribution is -0.117. The number of nitrogens with zero attached hydrogens (tertiary/aromatic N) is 1. The van der Waals surface area contributed by atoms with Crippen molar-refractivity contribution in [1.82, 2.24) is 0 Å². The third-order valence-electron chi connectivity index (χ3n) is 6.39. The van der Waals surface area contributed by atoms with Crippen LogP contribution in [0.4, 0.5) is 5.69 Å². The molecule has 0 bridgehead atoms. The maximum atomic E-state index is 13.8. The number of furan rings is 1. The smallest absolute Gasteiger partial charge is 0.294 e. The van der Waals surface area contributed by atoms with Gasteiger partial charge in [-0.05, 0) is 48.7 Å². The molecule has 3 aromatic carbocycles. The van der Waals surface area contributed by atoms with Crippen molar-refractivity contribution in [2.24, 2.45) is 0 Å². The van der Waals surface area contributed by atoms with Crippen molar-refractivity contribution in [3.63, 3.8) is 0 Å². The van der Waals surface area contributed by atoms with Crippen molar-refractivity contribution in [2.45, 2.75) is 19.9 Å². The molecule has 5 rings (SSSR count). The Morgan fingerprint density at radius 1 is 1.06 bits per heavy atom. The lowest BCUT2D eigenvalue weighted by Gasteiger charge is -2.28. The molecule has 0 saturated carbocycles. The molecule has 2 heterocycles. The summed E-state index contributed by atoms with van der Waals surface area (Å²) in [6.45, 7) is 3.86. The summed E-state index contributed by atoms with van der Waals surface area (Å²) in [5.74, 6) is -1.49. The van der Waals surface area contributed by atoms with Crippen LogP contribution >= 0.6 is 11.6 Å². The van der Waals surface area contributed by atoms with Gasteiger partial charge in [-0.1, -0.05) is 54.1 Å². The number of fused-ring (bicyclic) bond motifs is 1. The summed E-state index contributed by atoms with van der Waals surface area (Å²) in [5, 5.41) is 12.0. The number of carbonyl (C=O) groups excluding carboxylic acids is 2. The maximum Gasteiger partial charge on any atom is 0.294 e. The number of methoxy groups -OCH3 is 1. The normalized spacial score (nSPS) is 15.8. The summed E-state index contributed by atoms with van der Waals surface area (Å²) in [6, 6.07) is 18.7. The summed E-state index contributed by atoms with van der Waals surface area (Å²) in [5.41, 5.74) is 3.48. The maximum absolute atomic E-state index is 13.8. The van der Waals surface area contributed by atoms with Crippen molar-refractivity contribution in [3.8, 4) is 5.75 Å². The van der Waals surface area contributed by atoms with E-state index in [1.807, 2.05) is 62.4 Å². The zero-order valence-corrected chi connectivity index (χ0v) is 20.1. The first-order valence-corrected chi connectivity index (χ1v) is 11.4. The second-order valence-electron chi connectivity index (χ2n) is 8.44. The van der Waals surface area contributed by atoms with Crippen molar-refractivity contribution >= 4 is 39.9 Å². The van der Waals surface area contributed by atoms with Gasteiger partial charge in [0.05, 0.1) is 18.7 Å². The second kappa shape index (κ2) is 8.64. The van der Waals surface area contributed by atoms with Gasteiger partial charge in [-0.15, -0.1) is 0 Å². The van der Waals surface area contributed by atoms with E-state index in [1.165, 1.54) is 12.0 Å². The zero-order chi connectivity index (χ0) is 24.9. The van der Waals surface area contributed by atoms with Crippen LogP contribution in [0.25, 0.3) is 11.0 Å². The number of amides is 1. The van der Waals surface area contributed by atoms with Gasteiger partial charge in [0.1, 0.15) is 0 Å². The third-order valence-corrected chi connectivity index (χ3v) is 6.61. The molecule has 1 amide bonds. The van der Waals surface area contributed by atoms with Crippen LogP contribution < -0.4 is 9.64 Å². The van der Waals surface area contributed by atoms with Gasteiger partial charge < -0.3 is 14.3 Å². The van der Waals surface area contributed by atoms with E-state index in [1.54, 1.807) is 18.2 Å². The minimum absolute atomic E-state index is 0.0290. The summed E-state index contributed by atoms with van der Waals surface area (Å²) < 4.78 is 11.2. The molecule has 0 aliphatic carbocycles. The van der Waals surface area contributed by atoms with Gasteiger partial charge in [0, 0.05) is 22.2 Å². The molecule has 0 spiro atoms. The van der Waals surface area contributed by atoms with Crippen LogP contribution in [0.5, 0.6) is 5.75 Å². The van der Waals surface area contributed by atoms with Gasteiger partial charge in [-0.25, -0.2) is 0 Å². The SMILES string of the molecule is COc1cc(Cl)cc2cc(C(=O)C3=C(O)C(=O)N(c4cccc(C)c4C)C3c3ccccc3)oc12. The number of aliphatic hydroxyl groups excluding tert-OH is 1. The molecular formula is C28H22ClNO5. The van der Waals surface area contributed by atoms with Crippen molar-refractivity contribution < 1.29 is 23.8 Å². The monoisotopic (exact) mass is 487 g/mol. The van der Waals surface area contributed by atoms with E-state index in [0.29, 0.717) is 33.0 Å². The molecule has 0 fully saturated rings. The minimum Gasteiger partial charge on any atom is -0.503 e. The Hall–Kier alpha value is -4.03. The first-order chi connectivity index (χ1) is 16.8. The minimum atomic E-state index is -0.838. The number of Topliss-reactive ketones (excluding diaryl/α,β-unsaturated/α-hetero) is 1. The highest BCUT2D eigenvalue weighted by Crippen LogP contribution is 2.44. The fourth-order valence-electron chi connectivity index (χ4n) is 4.52. The van der Waals surface area contributed by atoms with E-state index in [2.05, 4.69) is 0 Å². The quantitative estimate of drug-likeness (QED) is 0.325. The number of hydrogen-bond donors (Lipinski definition) is 1. The molecule has 1 aromatic heterocycles. The van der Waals surface area contributed by atoms with E-state index >= 15 is 0 Å². The average molecular weight is 488 g/mol. The van der Waals surface area contributed by atoms with Crippen LogP contribution in [0, 0.1) is 13.8 Å². The molecule has 1 unspecified atom stereocenters. The molecule has 0 saturated heterocycles. The number of aliphatic hydroxyl groups is 1. The first kappa shape index (κ1) is 22.7. The number of hydrogen-bond acceptors (Lipinski definition) is 5.